The van der Waals surface area contributed by atoms with Gasteiger partial charge in [0.05, 0.1) is 17.2 Å². The standard InChI is InChI=1S/C19H13Cl3N2O3/c1-27-19(26)18-17(16-12(21)7-10(20)8-14(16)24-18)13(22)9-15(25)23-11-5-3-2-4-6-11/h2-9,24H,1H3,(H,23,25)/b13-9+. The smallest absolute Gasteiger partial charge is 0.355 e. The molecule has 2 N–H and O–H groups in total. The van der Waals surface area contributed by atoms with Crippen LogP contribution in [-0.2, 0) is 9.53 Å². The van der Waals surface area contributed by atoms with Gasteiger partial charge in [0.15, 0.2) is 0 Å². The van der Waals surface area contributed by atoms with Crippen LogP contribution in [0.25, 0.3) is 15.9 Å². The summed E-state index contributed by atoms with van der Waals surface area (Å²) in [5.74, 6) is -1.11. The number of carbonyl (C=O) groups excluding carboxylic acids is 2. The number of methoxy groups -OCH3 is 1. The van der Waals surface area contributed by atoms with Crippen molar-refractivity contribution in [3.05, 3.63) is 69.8 Å². The molecule has 138 valence electrons. The second-order valence-corrected chi connectivity index (χ2v) is 6.78. The average Bonchev–Trinajstić information content (AvgIpc) is 3.01. The average molecular weight is 424 g/mol. The van der Waals surface area contributed by atoms with Crippen LogP contribution in [0.5, 0.6) is 0 Å². The third-order valence-corrected chi connectivity index (χ3v) is 4.56. The number of rotatable bonds is 4. The number of halogens is 3. The minimum atomic E-state index is -0.650. The normalized spacial score (nSPS) is 11.5. The van der Waals surface area contributed by atoms with E-state index in [9.17, 15) is 9.59 Å². The van der Waals surface area contributed by atoms with Crippen LogP contribution in [0.4, 0.5) is 5.69 Å². The Morgan fingerprint density at radius 3 is 2.52 bits per heavy atom. The third-order valence-electron chi connectivity index (χ3n) is 3.74. The van der Waals surface area contributed by atoms with E-state index in [1.165, 1.54) is 19.3 Å². The number of nitrogens with one attached hydrogen (secondary N) is 2. The zero-order chi connectivity index (χ0) is 19.6. The number of benzene rings is 2. The van der Waals surface area contributed by atoms with Crippen LogP contribution >= 0.6 is 34.8 Å². The van der Waals surface area contributed by atoms with E-state index in [0.717, 1.165) is 0 Å². The van der Waals surface area contributed by atoms with E-state index in [-0.39, 0.29) is 21.3 Å². The summed E-state index contributed by atoms with van der Waals surface area (Å²) < 4.78 is 4.79. The zero-order valence-corrected chi connectivity index (χ0v) is 16.2. The van der Waals surface area contributed by atoms with Gasteiger partial charge in [-0.05, 0) is 24.3 Å². The van der Waals surface area contributed by atoms with Crippen molar-refractivity contribution in [2.45, 2.75) is 0 Å². The van der Waals surface area contributed by atoms with Gasteiger partial charge in [-0.1, -0.05) is 53.0 Å². The number of amides is 1. The van der Waals surface area contributed by atoms with Crippen molar-refractivity contribution in [2.24, 2.45) is 0 Å². The number of carbonyl (C=O) groups is 2. The highest BCUT2D eigenvalue weighted by Gasteiger charge is 2.23. The van der Waals surface area contributed by atoms with Gasteiger partial charge in [-0.2, -0.15) is 0 Å². The molecule has 5 nitrogen and oxygen atoms in total. The van der Waals surface area contributed by atoms with Gasteiger partial charge in [-0.25, -0.2) is 4.79 Å². The molecule has 0 saturated heterocycles. The molecule has 0 atom stereocenters. The predicted octanol–water partition coefficient (Wildman–Crippen LogP) is 5.48. The van der Waals surface area contributed by atoms with Gasteiger partial charge < -0.3 is 15.0 Å². The molecule has 3 aromatic rings. The van der Waals surface area contributed by atoms with Crippen molar-refractivity contribution in [2.75, 3.05) is 12.4 Å². The minimum Gasteiger partial charge on any atom is -0.464 e. The van der Waals surface area contributed by atoms with Gasteiger partial charge >= 0.3 is 5.97 Å². The first-order chi connectivity index (χ1) is 12.9. The van der Waals surface area contributed by atoms with Crippen molar-refractivity contribution in [3.63, 3.8) is 0 Å². The topological polar surface area (TPSA) is 71.2 Å². The lowest BCUT2D eigenvalue weighted by molar-refractivity contribution is -0.111. The van der Waals surface area contributed by atoms with Crippen molar-refractivity contribution in [3.8, 4) is 0 Å². The molecule has 3 rings (SSSR count). The molecule has 0 unspecified atom stereocenters. The second kappa shape index (κ2) is 8.05. The summed E-state index contributed by atoms with van der Waals surface area (Å²) in [7, 11) is 1.24. The highest BCUT2D eigenvalue weighted by Crippen LogP contribution is 2.37. The van der Waals surface area contributed by atoms with Crippen LogP contribution in [0.1, 0.15) is 16.1 Å². The number of aromatic amines is 1. The molecular weight excluding hydrogens is 411 g/mol. The number of aromatic nitrogens is 1. The lowest BCUT2D eigenvalue weighted by Gasteiger charge is -2.05. The van der Waals surface area contributed by atoms with Crippen molar-refractivity contribution >= 4 is 68.3 Å². The maximum atomic E-state index is 12.3. The van der Waals surface area contributed by atoms with Gasteiger partial charge in [-0.3, -0.25) is 4.79 Å². The molecule has 0 bridgehead atoms. The molecule has 0 spiro atoms. The summed E-state index contributed by atoms with van der Waals surface area (Å²) in [6.07, 6.45) is 1.18. The molecule has 8 heteroatoms. The number of anilines is 1. The molecular formula is C19H13Cl3N2O3. The van der Waals surface area contributed by atoms with Crippen LogP contribution in [0.2, 0.25) is 10.0 Å². The van der Waals surface area contributed by atoms with Crippen LogP contribution in [0.15, 0.2) is 48.5 Å². The van der Waals surface area contributed by atoms with Gasteiger partial charge in [0.1, 0.15) is 5.69 Å². The minimum absolute atomic E-state index is 0.0271. The molecule has 0 fully saturated rings. The highest BCUT2D eigenvalue weighted by atomic mass is 35.5. The van der Waals surface area contributed by atoms with Gasteiger partial charge in [0.25, 0.3) is 0 Å². The summed E-state index contributed by atoms with van der Waals surface area (Å²) in [5, 5.41) is 3.86. The van der Waals surface area contributed by atoms with E-state index in [1.807, 2.05) is 6.07 Å². The molecule has 0 aliphatic heterocycles. The number of esters is 1. The SMILES string of the molecule is COC(=O)c1[nH]c2cc(Cl)cc(Cl)c2c1/C(Cl)=C\C(=O)Nc1ccccc1. The van der Waals surface area contributed by atoms with Crippen molar-refractivity contribution in [1.82, 2.24) is 4.98 Å². The van der Waals surface area contributed by atoms with Crippen molar-refractivity contribution in [1.29, 1.82) is 0 Å². The highest BCUT2D eigenvalue weighted by molar-refractivity contribution is 6.53. The monoisotopic (exact) mass is 422 g/mol. The fraction of sp³-hybridized carbons (Fsp3) is 0.0526. The summed E-state index contributed by atoms with van der Waals surface area (Å²) in [5.41, 5.74) is 1.45. The first-order valence-corrected chi connectivity index (χ1v) is 8.86. The van der Waals surface area contributed by atoms with Crippen LogP contribution in [0.3, 0.4) is 0 Å². The van der Waals surface area contributed by atoms with Crippen LogP contribution < -0.4 is 5.32 Å². The Kier molecular flexibility index (Phi) is 5.75. The summed E-state index contributed by atoms with van der Waals surface area (Å²) >= 11 is 18.7. The maximum absolute atomic E-state index is 12.3. The third kappa shape index (κ3) is 4.11. The first kappa shape index (κ1) is 19.3. The van der Waals surface area contributed by atoms with E-state index in [2.05, 4.69) is 10.3 Å². The lowest BCUT2D eigenvalue weighted by Crippen LogP contribution is -2.09. The van der Waals surface area contributed by atoms with Gasteiger partial charge in [-0.15, -0.1) is 0 Å². The molecule has 1 aromatic heterocycles. The summed E-state index contributed by atoms with van der Waals surface area (Å²) in [4.78, 5) is 27.4. The Morgan fingerprint density at radius 2 is 1.85 bits per heavy atom. The molecule has 1 heterocycles. The number of fused-ring (bicyclic) bond motifs is 1. The Hall–Kier alpha value is -2.47. The van der Waals surface area contributed by atoms with Crippen LogP contribution in [0, 0.1) is 0 Å². The van der Waals surface area contributed by atoms with Crippen molar-refractivity contribution < 1.29 is 14.3 Å². The van der Waals surface area contributed by atoms with E-state index >= 15 is 0 Å². The number of hydrogen-bond donors (Lipinski definition) is 2. The molecule has 0 radical (unpaired) electrons. The number of ether oxygens (including phenoxy) is 1. The Morgan fingerprint density at radius 1 is 1.15 bits per heavy atom. The molecule has 0 aliphatic carbocycles. The number of para-hydroxylation sites is 1. The fourth-order valence-corrected chi connectivity index (χ4v) is 3.51. The molecule has 0 aliphatic rings. The molecule has 0 saturated carbocycles. The van der Waals surface area contributed by atoms with E-state index in [1.54, 1.807) is 30.3 Å². The van der Waals surface area contributed by atoms with E-state index < -0.39 is 11.9 Å². The van der Waals surface area contributed by atoms with Crippen LogP contribution in [-0.4, -0.2) is 24.0 Å². The summed E-state index contributed by atoms with van der Waals surface area (Å²) in [6, 6.07) is 12.0. The van der Waals surface area contributed by atoms with E-state index in [0.29, 0.717) is 21.6 Å². The lowest BCUT2D eigenvalue weighted by atomic mass is 10.1. The second-order valence-electron chi connectivity index (χ2n) is 5.52. The molecule has 1 amide bonds. The Bertz CT molecular complexity index is 1060. The maximum Gasteiger partial charge on any atom is 0.355 e. The molecule has 27 heavy (non-hydrogen) atoms. The fourth-order valence-electron chi connectivity index (χ4n) is 2.63. The molecule has 2 aromatic carbocycles. The first-order valence-electron chi connectivity index (χ1n) is 7.73. The number of hydrogen-bond acceptors (Lipinski definition) is 3. The Balaban J connectivity index is 2.08. The zero-order valence-electron chi connectivity index (χ0n) is 14.0. The van der Waals surface area contributed by atoms with Gasteiger partial charge in [0, 0.05) is 33.3 Å². The quantitative estimate of drug-likeness (QED) is 0.431. The summed E-state index contributed by atoms with van der Waals surface area (Å²) in [6.45, 7) is 0. The van der Waals surface area contributed by atoms with E-state index in [4.69, 9.17) is 39.5 Å². The largest absolute Gasteiger partial charge is 0.464 e. The van der Waals surface area contributed by atoms with Gasteiger partial charge in [0.2, 0.25) is 5.91 Å². The Labute approximate surface area is 169 Å². The predicted molar refractivity (Wildman–Crippen MR) is 109 cm³/mol. The number of H-pyrrole nitrogens is 1.